The first-order valence-electron chi connectivity index (χ1n) is 4.32. The van der Waals surface area contributed by atoms with Crippen molar-refractivity contribution in [2.45, 2.75) is 19.4 Å². The van der Waals surface area contributed by atoms with Crippen LogP contribution in [0.15, 0.2) is 23.3 Å². The van der Waals surface area contributed by atoms with Gasteiger partial charge in [0.25, 0.3) is 0 Å². The van der Waals surface area contributed by atoms with Crippen molar-refractivity contribution in [3.05, 3.63) is 23.3 Å². The Hall–Kier alpha value is -0.930. The zero-order chi connectivity index (χ0) is 9.68. The highest BCUT2D eigenvalue weighted by Gasteiger charge is 2.07. The molecule has 0 spiro atoms. The molecule has 0 saturated heterocycles. The summed E-state index contributed by atoms with van der Waals surface area (Å²) in [5, 5.41) is 8.91. The zero-order valence-electron chi connectivity index (χ0n) is 7.69. The molecule has 0 heterocycles. The molecule has 1 N–H and O–H groups in total. The summed E-state index contributed by atoms with van der Waals surface area (Å²) in [4.78, 5) is 10.4. The zero-order valence-corrected chi connectivity index (χ0v) is 7.69. The second-order valence-corrected chi connectivity index (χ2v) is 3.23. The predicted octanol–water partition coefficient (Wildman–Crippen LogP) is 0.839. The second-order valence-electron chi connectivity index (χ2n) is 3.23. The van der Waals surface area contributed by atoms with E-state index in [4.69, 9.17) is 9.84 Å². The van der Waals surface area contributed by atoms with Gasteiger partial charge in [-0.25, -0.2) is 0 Å². The highest BCUT2D eigenvalue weighted by Crippen LogP contribution is 2.16. The molecule has 1 aliphatic carbocycles. The van der Waals surface area contributed by atoms with Crippen LogP contribution in [0.4, 0.5) is 0 Å². The Balaban J connectivity index is 2.16. The van der Waals surface area contributed by atoms with E-state index in [9.17, 15) is 4.79 Å². The van der Waals surface area contributed by atoms with Gasteiger partial charge in [0.05, 0.1) is 19.3 Å². The molecule has 0 aromatic heterocycles. The fraction of sp³-hybridized carbons (Fsp3) is 0.500. The number of carbonyl (C=O) groups is 1. The van der Waals surface area contributed by atoms with Crippen LogP contribution in [-0.4, -0.2) is 30.7 Å². The van der Waals surface area contributed by atoms with E-state index in [0.29, 0.717) is 19.6 Å². The van der Waals surface area contributed by atoms with Gasteiger partial charge in [-0.05, 0) is 24.5 Å². The number of allylic oxidation sites excluding steroid dienone is 3. The molecule has 0 aromatic carbocycles. The van der Waals surface area contributed by atoms with E-state index in [1.165, 1.54) is 0 Å². The quantitative estimate of drug-likeness (QED) is 0.641. The summed E-state index contributed by atoms with van der Waals surface area (Å²) in [6.07, 6.45) is 4.81. The molecule has 0 fully saturated rings. The molecule has 0 saturated carbocycles. The van der Waals surface area contributed by atoms with Crippen molar-refractivity contribution in [3.8, 4) is 0 Å². The maximum Gasteiger partial charge on any atom is 0.146 e. The number of aliphatic hydroxyl groups is 1. The number of hydrogen-bond acceptors (Lipinski definition) is 3. The summed E-state index contributed by atoms with van der Waals surface area (Å²) in [6.45, 7) is 2.52. The van der Waals surface area contributed by atoms with Crippen molar-refractivity contribution in [1.29, 1.82) is 0 Å². The minimum absolute atomic E-state index is 0.341. The molecule has 1 aliphatic rings. The number of hydrogen-bond donors (Lipinski definition) is 1. The minimum atomic E-state index is -0.430. The Morgan fingerprint density at radius 1 is 1.69 bits per heavy atom. The average Bonchev–Trinajstić information content (AvgIpc) is 2.52. The van der Waals surface area contributed by atoms with E-state index >= 15 is 0 Å². The van der Waals surface area contributed by atoms with Crippen molar-refractivity contribution >= 4 is 6.29 Å². The Labute approximate surface area is 77.7 Å². The topological polar surface area (TPSA) is 46.5 Å². The van der Waals surface area contributed by atoms with E-state index in [1.807, 2.05) is 6.08 Å². The third-order valence-corrected chi connectivity index (χ3v) is 1.76. The smallest absolute Gasteiger partial charge is 0.146 e. The van der Waals surface area contributed by atoms with Crippen LogP contribution in [0.3, 0.4) is 0 Å². The summed E-state index contributed by atoms with van der Waals surface area (Å²) in [5.74, 6) is 0. The lowest BCUT2D eigenvalue weighted by Crippen LogP contribution is -2.11. The standard InChI is InChI=1S/C10H14O3/c1-8(12)6-13-7-10-3-2-9(4-10)5-11/h2-3,5,8,12H,4,6-7H2,1H3. The Morgan fingerprint density at radius 3 is 3.00 bits per heavy atom. The first kappa shape index (κ1) is 10.2. The monoisotopic (exact) mass is 182 g/mol. The fourth-order valence-electron chi connectivity index (χ4n) is 1.15. The molecule has 0 radical (unpaired) electrons. The SMILES string of the molecule is CC(O)COCC1=CC=C(C=O)C1. The number of aliphatic hydroxyl groups excluding tert-OH is 1. The van der Waals surface area contributed by atoms with Gasteiger partial charge in [0, 0.05) is 0 Å². The maximum absolute atomic E-state index is 10.4. The fourth-order valence-corrected chi connectivity index (χ4v) is 1.15. The Bertz CT molecular complexity index is 239. The van der Waals surface area contributed by atoms with Gasteiger partial charge >= 0.3 is 0 Å². The van der Waals surface area contributed by atoms with Gasteiger partial charge in [-0.2, -0.15) is 0 Å². The molecule has 1 unspecified atom stereocenters. The second kappa shape index (κ2) is 4.94. The lowest BCUT2D eigenvalue weighted by molar-refractivity contribution is -0.105. The number of rotatable bonds is 5. The molecule has 0 amide bonds. The van der Waals surface area contributed by atoms with Gasteiger partial charge in [0.2, 0.25) is 0 Å². The molecule has 0 bridgehead atoms. The molecule has 0 aromatic rings. The highest BCUT2D eigenvalue weighted by atomic mass is 16.5. The molecular formula is C10H14O3. The lowest BCUT2D eigenvalue weighted by atomic mass is 10.2. The van der Waals surface area contributed by atoms with Gasteiger partial charge in [-0.3, -0.25) is 4.79 Å². The Kier molecular flexibility index (Phi) is 3.86. The highest BCUT2D eigenvalue weighted by molar-refractivity contribution is 5.76. The van der Waals surface area contributed by atoms with Crippen LogP contribution < -0.4 is 0 Å². The summed E-state index contributed by atoms with van der Waals surface area (Å²) in [5.41, 5.74) is 1.87. The van der Waals surface area contributed by atoms with Crippen LogP contribution in [0.5, 0.6) is 0 Å². The van der Waals surface area contributed by atoms with Crippen LogP contribution in [0.2, 0.25) is 0 Å². The molecule has 1 atom stereocenters. The number of ether oxygens (including phenoxy) is 1. The van der Waals surface area contributed by atoms with E-state index in [1.54, 1.807) is 13.0 Å². The summed E-state index contributed by atoms with van der Waals surface area (Å²) < 4.78 is 5.20. The molecule has 72 valence electrons. The third-order valence-electron chi connectivity index (χ3n) is 1.76. The molecule has 0 aliphatic heterocycles. The van der Waals surface area contributed by atoms with Gasteiger partial charge in [0.15, 0.2) is 0 Å². The maximum atomic E-state index is 10.4. The van der Waals surface area contributed by atoms with Crippen molar-refractivity contribution in [3.63, 3.8) is 0 Å². The van der Waals surface area contributed by atoms with Crippen molar-refractivity contribution in [2.75, 3.05) is 13.2 Å². The minimum Gasteiger partial charge on any atom is -0.391 e. The summed E-state index contributed by atoms with van der Waals surface area (Å²) in [7, 11) is 0. The number of carbonyl (C=O) groups excluding carboxylic acids is 1. The molecular weight excluding hydrogens is 168 g/mol. The van der Waals surface area contributed by atoms with E-state index < -0.39 is 6.10 Å². The van der Waals surface area contributed by atoms with Crippen LogP contribution in [0.1, 0.15) is 13.3 Å². The first-order chi connectivity index (χ1) is 6.22. The van der Waals surface area contributed by atoms with Crippen molar-refractivity contribution < 1.29 is 14.6 Å². The van der Waals surface area contributed by atoms with Crippen LogP contribution in [-0.2, 0) is 9.53 Å². The van der Waals surface area contributed by atoms with Crippen LogP contribution in [0, 0.1) is 0 Å². The van der Waals surface area contributed by atoms with E-state index in [0.717, 1.165) is 17.4 Å². The number of aldehydes is 1. The van der Waals surface area contributed by atoms with Crippen LogP contribution in [0.25, 0.3) is 0 Å². The summed E-state index contributed by atoms with van der Waals surface area (Å²) in [6, 6.07) is 0. The van der Waals surface area contributed by atoms with Gasteiger partial charge in [-0.15, -0.1) is 0 Å². The molecule has 1 rings (SSSR count). The summed E-state index contributed by atoms with van der Waals surface area (Å²) >= 11 is 0. The van der Waals surface area contributed by atoms with Gasteiger partial charge in [-0.1, -0.05) is 12.2 Å². The Morgan fingerprint density at radius 2 is 2.46 bits per heavy atom. The predicted molar refractivity (Wildman–Crippen MR) is 49.3 cm³/mol. The van der Waals surface area contributed by atoms with Crippen LogP contribution >= 0.6 is 0 Å². The van der Waals surface area contributed by atoms with E-state index in [2.05, 4.69) is 0 Å². The normalized spacial score (nSPS) is 18.0. The third kappa shape index (κ3) is 3.53. The van der Waals surface area contributed by atoms with E-state index in [-0.39, 0.29) is 0 Å². The largest absolute Gasteiger partial charge is 0.391 e. The van der Waals surface area contributed by atoms with Crippen molar-refractivity contribution in [2.24, 2.45) is 0 Å². The van der Waals surface area contributed by atoms with Gasteiger partial charge < -0.3 is 9.84 Å². The first-order valence-corrected chi connectivity index (χ1v) is 4.32. The van der Waals surface area contributed by atoms with Gasteiger partial charge in [0.1, 0.15) is 6.29 Å². The molecule has 3 nitrogen and oxygen atoms in total. The average molecular weight is 182 g/mol. The molecule has 13 heavy (non-hydrogen) atoms. The lowest BCUT2D eigenvalue weighted by Gasteiger charge is -2.06. The van der Waals surface area contributed by atoms with Crippen molar-refractivity contribution in [1.82, 2.24) is 0 Å². The molecule has 3 heteroatoms.